The van der Waals surface area contributed by atoms with Crippen LogP contribution < -0.4 is 10.6 Å². The van der Waals surface area contributed by atoms with Crippen LogP contribution in [0.3, 0.4) is 0 Å². The summed E-state index contributed by atoms with van der Waals surface area (Å²) >= 11 is 1.72. The average molecular weight is 246 g/mol. The molecule has 1 atom stereocenters. The first kappa shape index (κ1) is 10.7. The van der Waals surface area contributed by atoms with Gasteiger partial charge in [-0.1, -0.05) is 0 Å². The summed E-state index contributed by atoms with van der Waals surface area (Å²) in [5, 5.41) is 9.42. The van der Waals surface area contributed by atoms with E-state index < -0.39 is 0 Å². The molecule has 1 amide bonds. The van der Waals surface area contributed by atoms with Crippen LogP contribution in [-0.2, 0) is 4.79 Å². The Balaban J connectivity index is 1.77. The molecule has 2 aromatic rings. The molecule has 0 spiro atoms. The van der Waals surface area contributed by atoms with E-state index in [4.69, 9.17) is 0 Å². The molecule has 0 bridgehead atoms. The van der Waals surface area contributed by atoms with Crippen LogP contribution in [0.5, 0.6) is 0 Å². The summed E-state index contributed by atoms with van der Waals surface area (Å²) in [5.74, 6) is 0.0806. The number of anilines is 1. The molecule has 1 aliphatic rings. The molecule has 0 aliphatic carbocycles. The van der Waals surface area contributed by atoms with Gasteiger partial charge >= 0.3 is 0 Å². The lowest BCUT2D eigenvalue weighted by atomic mass is 10.2. The van der Waals surface area contributed by atoms with Gasteiger partial charge in [0.15, 0.2) is 0 Å². The number of carbonyl (C=O) groups excluding carboxylic acids is 1. The van der Waals surface area contributed by atoms with E-state index in [0.29, 0.717) is 0 Å². The summed E-state index contributed by atoms with van der Waals surface area (Å²) in [6, 6.07) is 8.10. The highest BCUT2D eigenvalue weighted by Crippen LogP contribution is 2.24. The fraction of sp³-hybridized carbons (Fsp3) is 0.308. The van der Waals surface area contributed by atoms with Gasteiger partial charge in [0.25, 0.3) is 0 Å². The highest BCUT2D eigenvalue weighted by molar-refractivity contribution is 7.17. The van der Waals surface area contributed by atoms with E-state index in [2.05, 4.69) is 28.1 Å². The Morgan fingerprint density at radius 2 is 2.35 bits per heavy atom. The van der Waals surface area contributed by atoms with Crippen molar-refractivity contribution in [2.75, 3.05) is 11.9 Å². The SMILES string of the molecule is O=C(Nc1ccc2sccc2c1)C1CCCN1. The lowest BCUT2D eigenvalue weighted by Gasteiger charge is -2.11. The van der Waals surface area contributed by atoms with Gasteiger partial charge in [-0.15, -0.1) is 11.3 Å². The number of hydrogen-bond donors (Lipinski definition) is 2. The lowest BCUT2D eigenvalue weighted by Crippen LogP contribution is -2.35. The predicted octanol–water partition coefficient (Wildman–Crippen LogP) is 2.59. The van der Waals surface area contributed by atoms with E-state index in [1.165, 1.54) is 10.1 Å². The standard InChI is InChI=1S/C13H14N2OS/c16-13(11-2-1-6-14-11)15-10-3-4-12-9(8-10)5-7-17-12/h3-5,7-8,11,14H,1-2,6H2,(H,15,16). The quantitative estimate of drug-likeness (QED) is 0.855. The Kier molecular flexibility index (Phi) is 2.82. The van der Waals surface area contributed by atoms with Crippen molar-refractivity contribution in [3.05, 3.63) is 29.6 Å². The minimum Gasteiger partial charge on any atom is -0.325 e. The molecule has 3 nitrogen and oxygen atoms in total. The van der Waals surface area contributed by atoms with Gasteiger partial charge in [0.05, 0.1) is 6.04 Å². The largest absolute Gasteiger partial charge is 0.325 e. The molecular weight excluding hydrogens is 232 g/mol. The van der Waals surface area contributed by atoms with Gasteiger partial charge in [-0.3, -0.25) is 4.79 Å². The van der Waals surface area contributed by atoms with Crippen molar-refractivity contribution in [1.82, 2.24) is 5.32 Å². The maximum absolute atomic E-state index is 11.9. The van der Waals surface area contributed by atoms with E-state index in [0.717, 1.165) is 25.1 Å². The Bertz CT molecular complexity index is 543. The molecule has 3 rings (SSSR count). The van der Waals surface area contributed by atoms with Gasteiger partial charge in [-0.25, -0.2) is 0 Å². The summed E-state index contributed by atoms with van der Waals surface area (Å²) < 4.78 is 1.25. The van der Waals surface area contributed by atoms with Crippen LogP contribution in [0.2, 0.25) is 0 Å². The zero-order valence-corrected chi connectivity index (χ0v) is 10.2. The van der Waals surface area contributed by atoms with Crippen LogP contribution in [0, 0.1) is 0 Å². The zero-order valence-electron chi connectivity index (χ0n) is 9.40. The first-order chi connectivity index (χ1) is 8.33. The van der Waals surface area contributed by atoms with Crippen LogP contribution in [0.1, 0.15) is 12.8 Å². The van der Waals surface area contributed by atoms with Crippen molar-refractivity contribution < 1.29 is 4.79 Å². The number of nitrogens with one attached hydrogen (secondary N) is 2. The van der Waals surface area contributed by atoms with Crippen molar-refractivity contribution in [3.8, 4) is 0 Å². The molecule has 1 unspecified atom stereocenters. The monoisotopic (exact) mass is 246 g/mol. The second-order valence-electron chi connectivity index (χ2n) is 4.31. The Labute approximate surface area is 104 Å². The summed E-state index contributed by atoms with van der Waals surface area (Å²) in [5.41, 5.74) is 0.884. The van der Waals surface area contributed by atoms with Crippen LogP contribution in [0.25, 0.3) is 10.1 Å². The Hall–Kier alpha value is -1.39. The zero-order chi connectivity index (χ0) is 11.7. The molecule has 1 saturated heterocycles. The number of rotatable bonds is 2. The van der Waals surface area contributed by atoms with Gasteiger partial charge in [-0.2, -0.15) is 0 Å². The average Bonchev–Trinajstić information content (AvgIpc) is 2.99. The van der Waals surface area contributed by atoms with E-state index in [-0.39, 0.29) is 11.9 Å². The first-order valence-corrected chi connectivity index (χ1v) is 6.72. The van der Waals surface area contributed by atoms with Crippen LogP contribution in [0.15, 0.2) is 29.6 Å². The van der Waals surface area contributed by atoms with Crippen molar-refractivity contribution in [3.63, 3.8) is 0 Å². The molecule has 1 aliphatic heterocycles. The number of thiophene rings is 1. The predicted molar refractivity (Wildman–Crippen MR) is 71.5 cm³/mol. The van der Waals surface area contributed by atoms with Crippen molar-refractivity contribution in [2.24, 2.45) is 0 Å². The number of hydrogen-bond acceptors (Lipinski definition) is 3. The van der Waals surface area contributed by atoms with Gasteiger partial charge in [0, 0.05) is 10.4 Å². The van der Waals surface area contributed by atoms with Crippen molar-refractivity contribution in [2.45, 2.75) is 18.9 Å². The third-order valence-corrected chi connectivity index (χ3v) is 3.99. The molecule has 2 N–H and O–H groups in total. The van der Waals surface area contributed by atoms with Crippen molar-refractivity contribution in [1.29, 1.82) is 0 Å². The fourth-order valence-corrected chi connectivity index (χ4v) is 2.95. The molecule has 1 aromatic heterocycles. The molecule has 2 heterocycles. The summed E-state index contributed by atoms with van der Waals surface area (Å²) in [7, 11) is 0. The molecule has 1 fully saturated rings. The van der Waals surface area contributed by atoms with Crippen LogP contribution in [0.4, 0.5) is 5.69 Å². The topological polar surface area (TPSA) is 41.1 Å². The highest BCUT2D eigenvalue weighted by atomic mass is 32.1. The van der Waals surface area contributed by atoms with E-state index in [1.54, 1.807) is 11.3 Å². The Morgan fingerprint density at radius 3 is 3.18 bits per heavy atom. The molecule has 0 radical (unpaired) electrons. The maximum atomic E-state index is 11.9. The normalized spacial score (nSPS) is 19.6. The third kappa shape index (κ3) is 2.18. The van der Waals surface area contributed by atoms with E-state index >= 15 is 0 Å². The third-order valence-electron chi connectivity index (χ3n) is 3.10. The molecular formula is C13H14N2OS. The molecule has 17 heavy (non-hydrogen) atoms. The highest BCUT2D eigenvalue weighted by Gasteiger charge is 2.21. The van der Waals surface area contributed by atoms with Gasteiger partial charge in [0.2, 0.25) is 5.91 Å². The number of carbonyl (C=O) groups is 1. The number of benzene rings is 1. The van der Waals surface area contributed by atoms with Gasteiger partial charge in [0.1, 0.15) is 0 Å². The Morgan fingerprint density at radius 1 is 1.41 bits per heavy atom. The van der Waals surface area contributed by atoms with Crippen molar-refractivity contribution >= 4 is 33.0 Å². The molecule has 0 saturated carbocycles. The second-order valence-corrected chi connectivity index (χ2v) is 5.26. The molecule has 88 valence electrons. The van der Waals surface area contributed by atoms with E-state index in [9.17, 15) is 4.79 Å². The lowest BCUT2D eigenvalue weighted by molar-refractivity contribution is -0.117. The summed E-state index contributed by atoms with van der Waals surface area (Å²) in [4.78, 5) is 11.9. The second kappa shape index (κ2) is 4.47. The van der Waals surface area contributed by atoms with Gasteiger partial charge in [-0.05, 0) is 54.4 Å². The van der Waals surface area contributed by atoms with E-state index in [1.807, 2.05) is 12.1 Å². The minimum atomic E-state index is -0.0202. The van der Waals surface area contributed by atoms with Crippen LogP contribution >= 0.6 is 11.3 Å². The fourth-order valence-electron chi connectivity index (χ4n) is 2.18. The number of fused-ring (bicyclic) bond motifs is 1. The smallest absolute Gasteiger partial charge is 0.241 e. The first-order valence-electron chi connectivity index (χ1n) is 5.84. The van der Waals surface area contributed by atoms with Crippen LogP contribution in [-0.4, -0.2) is 18.5 Å². The number of amides is 1. The van der Waals surface area contributed by atoms with Gasteiger partial charge < -0.3 is 10.6 Å². The maximum Gasteiger partial charge on any atom is 0.241 e. The summed E-state index contributed by atoms with van der Waals surface area (Å²) in [6.45, 7) is 0.946. The molecule has 4 heteroatoms. The molecule has 1 aromatic carbocycles. The summed E-state index contributed by atoms with van der Waals surface area (Å²) in [6.07, 6.45) is 2.02. The minimum absolute atomic E-state index is 0.0202.